The summed E-state index contributed by atoms with van der Waals surface area (Å²) >= 11 is 0. The first-order valence-corrected chi connectivity index (χ1v) is 12.1. The van der Waals surface area contributed by atoms with E-state index < -0.39 is 6.04 Å². The van der Waals surface area contributed by atoms with E-state index in [1.165, 1.54) is 0 Å². The van der Waals surface area contributed by atoms with Gasteiger partial charge in [-0.2, -0.15) is 0 Å². The fraction of sp³-hybridized carbons (Fsp3) is 0.321. The van der Waals surface area contributed by atoms with Gasteiger partial charge in [-0.25, -0.2) is 0 Å². The van der Waals surface area contributed by atoms with Crippen LogP contribution < -0.4 is 21.1 Å². The van der Waals surface area contributed by atoms with Crippen LogP contribution in [0, 0.1) is 11.8 Å². The average Bonchev–Trinajstić information content (AvgIpc) is 2.89. The monoisotopic (exact) mass is 544 g/mol. The molecule has 3 aromatic rings. The van der Waals surface area contributed by atoms with Gasteiger partial charge in [0.1, 0.15) is 17.5 Å². The molecule has 0 aliphatic heterocycles. The Morgan fingerprint density at radius 3 is 2.27 bits per heavy atom. The Hall–Kier alpha value is -3.13. The van der Waals surface area contributed by atoms with Crippen molar-refractivity contribution < 1.29 is 14.3 Å². The van der Waals surface area contributed by atoms with Crippen molar-refractivity contribution in [1.82, 2.24) is 10.3 Å². The van der Waals surface area contributed by atoms with Crippen LogP contribution in [-0.2, 0) is 16.0 Å². The van der Waals surface area contributed by atoms with Gasteiger partial charge in [0.25, 0.3) is 0 Å². The zero-order valence-corrected chi connectivity index (χ0v) is 22.2. The lowest BCUT2D eigenvalue weighted by Gasteiger charge is -2.28. The van der Waals surface area contributed by atoms with E-state index in [4.69, 9.17) is 10.5 Å². The fourth-order valence-electron chi connectivity index (χ4n) is 4.42. The number of para-hydroxylation sites is 1. The molecule has 1 heterocycles. The predicted octanol–water partition coefficient (Wildman–Crippen LogP) is 5.15. The van der Waals surface area contributed by atoms with Gasteiger partial charge >= 0.3 is 0 Å². The zero-order valence-electron chi connectivity index (χ0n) is 20.5. The first-order chi connectivity index (χ1) is 17.1. The van der Waals surface area contributed by atoms with Gasteiger partial charge in [-0.15, -0.1) is 24.8 Å². The van der Waals surface area contributed by atoms with Gasteiger partial charge < -0.3 is 21.1 Å². The topological polar surface area (TPSA) is 106 Å². The Kier molecular flexibility index (Phi) is 12.4. The van der Waals surface area contributed by atoms with Crippen LogP contribution in [0.4, 0.5) is 5.69 Å². The molecule has 0 saturated heterocycles. The first kappa shape index (κ1) is 30.1. The maximum absolute atomic E-state index is 13.2. The number of aromatic nitrogens is 1. The van der Waals surface area contributed by atoms with Crippen molar-refractivity contribution in [2.24, 2.45) is 17.6 Å². The molecule has 2 aromatic carbocycles. The number of rotatable bonds is 9. The SMILES string of the molecule is Cl.Cl.NCC1CCC(C(=O)NC(Cc2cccc(Oc3ccccc3)c2)C(=O)Nc2ccncc2)CC1. The highest BCUT2D eigenvalue weighted by Crippen LogP contribution is 2.28. The minimum absolute atomic E-state index is 0. The van der Waals surface area contributed by atoms with E-state index >= 15 is 0 Å². The molecule has 2 amide bonds. The number of benzene rings is 2. The molecule has 1 aromatic heterocycles. The summed E-state index contributed by atoms with van der Waals surface area (Å²) in [4.78, 5) is 30.3. The molecule has 1 saturated carbocycles. The summed E-state index contributed by atoms with van der Waals surface area (Å²) in [5, 5.41) is 5.92. The number of hydrogen-bond donors (Lipinski definition) is 3. The highest BCUT2D eigenvalue weighted by Gasteiger charge is 2.29. The summed E-state index contributed by atoms with van der Waals surface area (Å²) in [6, 6.07) is 19.8. The number of ether oxygens (including phenoxy) is 1. The lowest BCUT2D eigenvalue weighted by molar-refractivity contribution is -0.130. The highest BCUT2D eigenvalue weighted by molar-refractivity contribution is 5.97. The maximum Gasteiger partial charge on any atom is 0.247 e. The Morgan fingerprint density at radius 1 is 0.919 bits per heavy atom. The molecule has 37 heavy (non-hydrogen) atoms. The van der Waals surface area contributed by atoms with E-state index in [-0.39, 0.29) is 42.5 Å². The number of carbonyl (C=O) groups excluding carboxylic acids is 2. The Balaban J connectivity index is 0.00000241. The van der Waals surface area contributed by atoms with Crippen LogP contribution >= 0.6 is 24.8 Å². The molecular weight excluding hydrogens is 511 g/mol. The molecule has 0 spiro atoms. The lowest BCUT2D eigenvalue weighted by Crippen LogP contribution is -2.48. The van der Waals surface area contributed by atoms with E-state index in [0.717, 1.165) is 37.0 Å². The second-order valence-electron chi connectivity index (χ2n) is 9.01. The van der Waals surface area contributed by atoms with Crippen LogP contribution in [0.2, 0.25) is 0 Å². The third-order valence-corrected chi connectivity index (χ3v) is 6.45. The Bertz CT molecular complexity index is 1110. The zero-order chi connectivity index (χ0) is 24.5. The van der Waals surface area contributed by atoms with Crippen LogP contribution in [0.5, 0.6) is 11.5 Å². The van der Waals surface area contributed by atoms with E-state index in [1.807, 2.05) is 54.6 Å². The van der Waals surface area contributed by atoms with Gasteiger partial charge in [0.2, 0.25) is 11.8 Å². The normalized spacial score (nSPS) is 17.3. The molecule has 0 radical (unpaired) electrons. The fourth-order valence-corrected chi connectivity index (χ4v) is 4.42. The molecule has 9 heteroatoms. The van der Waals surface area contributed by atoms with Crippen LogP contribution in [-0.4, -0.2) is 29.4 Å². The minimum atomic E-state index is -0.727. The number of carbonyl (C=O) groups is 2. The van der Waals surface area contributed by atoms with Crippen molar-refractivity contribution in [3.8, 4) is 11.5 Å². The Labute approximate surface area is 230 Å². The standard InChI is InChI=1S/C28H32N4O3.2ClH/c29-19-20-9-11-22(12-10-20)27(33)32-26(28(34)31-23-13-15-30-16-14-23)18-21-5-4-8-25(17-21)35-24-6-2-1-3-7-24;;/h1-8,13-17,20,22,26H,9-12,18-19,29H2,(H,32,33)(H,30,31,34);2*1H. The van der Waals surface area contributed by atoms with Gasteiger partial charge in [0.15, 0.2) is 0 Å². The van der Waals surface area contributed by atoms with Gasteiger partial charge in [-0.05, 0) is 80.1 Å². The van der Waals surface area contributed by atoms with E-state index in [9.17, 15) is 9.59 Å². The largest absolute Gasteiger partial charge is 0.457 e. The van der Waals surface area contributed by atoms with Crippen molar-refractivity contribution >= 4 is 42.3 Å². The molecule has 1 fully saturated rings. The van der Waals surface area contributed by atoms with Crippen molar-refractivity contribution in [1.29, 1.82) is 0 Å². The maximum atomic E-state index is 13.2. The predicted molar refractivity (Wildman–Crippen MR) is 150 cm³/mol. The third kappa shape index (κ3) is 9.04. The number of amides is 2. The number of hydrogen-bond acceptors (Lipinski definition) is 5. The van der Waals surface area contributed by atoms with Gasteiger partial charge in [-0.3, -0.25) is 14.6 Å². The average molecular weight is 546 g/mol. The third-order valence-electron chi connectivity index (χ3n) is 6.45. The molecule has 1 atom stereocenters. The lowest BCUT2D eigenvalue weighted by atomic mass is 9.81. The van der Waals surface area contributed by atoms with Crippen LogP contribution in [0.3, 0.4) is 0 Å². The van der Waals surface area contributed by atoms with E-state index in [1.54, 1.807) is 24.5 Å². The molecular formula is C28H34Cl2N4O3. The molecule has 1 unspecified atom stereocenters. The second kappa shape index (κ2) is 15.2. The van der Waals surface area contributed by atoms with Crippen LogP contribution in [0.1, 0.15) is 31.2 Å². The van der Waals surface area contributed by atoms with Gasteiger partial charge in [0.05, 0.1) is 0 Å². The molecule has 1 aliphatic carbocycles. The number of pyridine rings is 1. The quantitative estimate of drug-likeness (QED) is 0.345. The number of nitrogens with zero attached hydrogens (tertiary/aromatic N) is 1. The van der Waals surface area contributed by atoms with Gasteiger partial charge in [0, 0.05) is 30.4 Å². The van der Waals surface area contributed by atoms with E-state index in [2.05, 4.69) is 15.6 Å². The summed E-state index contributed by atoms with van der Waals surface area (Å²) in [5.41, 5.74) is 7.32. The molecule has 7 nitrogen and oxygen atoms in total. The van der Waals surface area contributed by atoms with Crippen LogP contribution in [0.15, 0.2) is 79.1 Å². The van der Waals surface area contributed by atoms with E-state index in [0.29, 0.717) is 30.3 Å². The number of nitrogens with two attached hydrogens (primary N) is 1. The number of anilines is 1. The molecule has 0 bridgehead atoms. The van der Waals surface area contributed by atoms with Crippen LogP contribution in [0.25, 0.3) is 0 Å². The van der Waals surface area contributed by atoms with Crippen molar-refractivity contribution in [3.05, 3.63) is 84.7 Å². The summed E-state index contributed by atoms with van der Waals surface area (Å²) in [6.07, 6.45) is 7.06. The smallest absolute Gasteiger partial charge is 0.247 e. The molecule has 198 valence electrons. The second-order valence-corrected chi connectivity index (χ2v) is 9.01. The number of halogens is 2. The highest BCUT2D eigenvalue weighted by atomic mass is 35.5. The Morgan fingerprint density at radius 2 is 1.59 bits per heavy atom. The minimum Gasteiger partial charge on any atom is -0.457 e. The van der Waals surface area contributed by atoms with Crippen molar-refractivity contribution in [3.63, 3.8) is 0 Å². The first-order valence-electron chi connectivity index (χ1n) is 12.1. The van der Waals surface area contributed by atoms with Crippen molar-refractivity contribution in [2.45, 2.75) is 38.1 Å². The summed E-state index contributed by atoms with van der Waals surface area (Å²) in [6.45, 7) is 0.659. The molecule has 4 rings (SSSR count). The number of nitrogens with one attached hydrogen (secondary N) is 2. The summed E-state index contributed by atoms with van der Waals surface area (Å²) in [7, 11) is 0. The summed E-state index contributed by atoms with van der Waals surface area (Å²) in [5.74, 6) is 1.45. The van der Waals surface area contributed by atoms with Crippen molar-refractivity contribution in [2.75, 3.05) is 11.9 Å². The summed E-state index contributed by atoms with van der Waals surface area (Å²) < 4.78 is 5.95. The van der Waals surface area contributed by atoms with Gasteiger partial charge in [-0.1, -0.05) is 30.3 Å². The molecule has 1 aliphatic rings. The molecule has 4 N–H and O–H groups in total.